The van der Waals surface area contributed by atoms with Gasteiger partial charge >= 0.3 is 6.09 Å². The van der Waals surface area contributed by atoms with E-state index >= 15 is 0 Å². The molecule has 252 valence electrons. The molecule has 4 aromatic rings. The van der Waals surface area contributed by atoms with E-state index in [-0.39, 0.29) is 11.3 Å². The van der Waals surface area contributed by atoms with Gasteiger partial charge in [-0.05, 0) is 127 Å². The maximum atomic E-state index is 13.6. The number of carbonyl (C=O) groups excluding carboxylic acids is 2. The number of para-hydroxylation sites is 2. The van der Waals surface area contributed by atoms with E-state index in [2.05, 4.69) is 76.3 Å². The number of likely N-dealkylation sites (tertiary alicyclic amines) is 1. The van der Waals surface area contributed by atoms with Crippen LogP contribution in [0.3, 0.4) is 0 Å². The van der Waals surface area contributed by atoms with Gasteiger partial charge in [-0.3, -0.25) is 15.0 Å². The first-order valence-corrected chi connectivity index (χ1v) is 17.7. The van der Waals surface area contributed by atoms with Crippen LogP contribution in [0, 0.1) is 6.92 Å². The summed E-state index contributed by atoms with van der Waals surface area (Å²) in [6.45, 7) is 10.2. The largest absolute Gasteiger partial charge is 0.444 e. The number of piperidine rings is 2. The average molecular weight is 648 g/mol. The fourth-order valence-electron chi connectivity index (χ4n) is 8.70. The van der Waals surface area contributed by atoms with E-state index in [4.69, 9.17) is 9.72 Å². The Kier molecular flexibility index (Phi) is 8.79. The Bertz CT molecular complexity index is 1740. The van der Waals surface area contributed by atoms with Gasteiger partial charge in [-0.15, -0.1) is 0 Å². The molecular formula is C40H49N5O3. The Morgan fingerprint density at radius 1 is 0.875 bits per heavy atom. The molecule has 8 nitrogen and oxygen atoms in total. The zero-order valence-electron chi connectivity index (χ0n) is 28.8. The highest BCUT2D eigenvalue weighted by molar-refractivity contribution is 5.95. The molecule has 1 aromatic heterocycles. The van der Waals surface area contributed by atoms with Crippen molar-refractivity contribution in [3.63, 3.8) is 0 Å². The molecule has 3 aliphatic heterocycles. The number of nitrogens with zero attached hydrogens (tertiary/aromatic N) is 4. The highest BCUT2D eigenvalue weighted by Gasteiger charge is 2.44. The number of hydrogen-bond donors (Lipinski definition) is 1. The number of ether oxygens (including phenoxy) is 1. The Labute approximate surface area is 284 Å². The number of rotatable bonds is 7. The van der Waals surface area contributed by atoms with Crippen LogP contribution < -0.4 is 5.32 Å². The van der Waals surface area contributed by atoms with Crippen LogP contribution in [0.2, 0.25) is 0 Å². The van der Waals surface area contributed by atoms with Crippen molar-refractivity contribution >= 4 is 28.7 Å². The predicted molar refractivity (Wildman–Crippen MR) is 190 cm³/mol. The first-order chi connectivity index (χ1) is 23.1. The number of benzene rings is 3. The van der Waals surface area contributed by atoms with Crippen LogP contribution in [0.15, 0.2) is 78.9 Å². The van der Waals surface area contributed by atoms with Crippen molar-refractivity contribution in [1.82, 2.24) is 19.4 Å². The second-order valence-electron chi connectivity index (χ2n) is 15.2. The van der Waals surface area contributed by atoms with E-state index in [1.165, 1.54) is 36.8 Å². The van der Waals surface area contributed by atoms with Crippen molar-refractivity contribution in [2.24, 2.45) is 0 Å². The lowest BCUT2D eigenvalue weighted by Gasteiger charge is -2.45. The molecule has 3 aliphatic rings. The number of aromatic nitrogens is 2. The second kappa shape index (κ2) is 13.0. The highest BCUT2D eigenvalue weighted by Crippen LogP contribution is 2.45. The van der Waals surface area contributed by atoms with Crippen LogP contribution >= 0.6 is 0 Å². The van der Waals surface area contributed by atoms with Crippen LogP contribution in [0.25, 0.3) is 11.0 Å². The number of aryl methyl sites for hydroxylation is 1. The van der Waals surface area contributed by atoms with Crippen LogP contribution in [-0.4, -0.2) is 68.7 Å². The van der Waals surface area contributed by atoms with Gasteiger partial charge < -0.3 is 14.2 Å². The van der Waals surface area contributed by atoms with Crippen LogP contribution in [-0.2, 0) is 10.2 Å². The molecule has 4 heterocycles. The van der Waals surface area contributed by atoms with Crippen LogP contribution in [0.5, 0.6) is 0 Å². The normalized spacial score (nSPS) is 22.5. The van der Waals surface area contributed by atoms with Gasteiger partial charge in [0.1, 0.15) is 11.4 Å². The number of carbonyl (C=O) groups is 2. The lowest BCUT2D eigenvalue weighted by atomic mass is 9.70. The smallest absolute Gasteiger partial charge is 0.412 e. The third kappa shape index (κ3) is 6.59. The maximum absolute atomic E-state index is 13.6. The zero-order chi connectivity index (χ0) is 33.5. The molecule has 2 bridgehead atoms. The van der Waals surface area contributed by atoms with Crippen molar-refractivity contribution in [2.45, 2.75) is 102 Å². The molecule has 3 aromatic carbocycles. The lowest BCUT2D eigenvalue weighted by molar-refractivity contribution is 0.0605. The molecule has 0 spiro atoms. The Morgan fingerprint density at radius 2 is 1.52 bits per heavy atom. The maximum Gasteiger partial charge on any atom is 0.412 e. The van der Waals surface area contributed by atoms with Gasteiger partial charge in [0.2, 0.25) is 0 Å². The van der Waals surface area contributed by atoms with E-state index in [1.807, 2.05) is 25.7 Å². The summed E-state index contributed by atoms with van der Waals surface area (Å²) in [5.41, 5.74) is 4.49. The molecular weight excluding hydrogens is 598 g/mol. The van der Waals surface area contributed by atoms with Gasteiger partial charge in [-0.25, -0.2) is 9.78 Å². The van der Waals surface area contributed by atoms with E-state index in [9.17, 15) is 9.59 Å². The Hall–Kier alpha value is -4.17. The van der Waals surface area contributed by atoms with Crippen molar-refractivity contribution in [2.75, 3.05) is 25.0 Å². The molecule has 7 rings (SSSR count). The number of anilines is 1. The number of hydrogen-bond acceptors (Lipinski definition) is 5. The standard InChI is InChI=1S/C40H49N5O3/c1-28-41-35-12-8-9-13-36(35)45(28)34-26-32-18-19-33(27-34)44(32)25-22-40(30-10-6-5-7-11-30)20-23-43(24-21-40)37(46)29-14-16-31(17-15-29)42-38(47)48-39(2,3)4/h5-17,32-34H,18-27H2,1-4H3,(H,42,47)/t32-,33+,34+. The summed E-state index contributed by atoms with van der Waals surface area (Å²) in [5, 5.41) is 2.75. The molecule has 48 heavy (non-hydrogen) atoms. The number of fused-ring (bicyclic) bond motifs is 3. The van der Waals surface area contributed by atoms with Crippen molar-refractivity contribution in [3.05, 3.63) is 95.8 Å². The Balaban J connectivity index is 1.00. The van der Waals surface area contributed by atoms with Crippen molar-refractivity contribution < 1.29 is 14.3 Å². The van der Waals surface area contributed by atoms with E-state index < -0.39 is 11.7 Å². The molecule has 0 saturated carbocycles. The monoisotopic (exact) mass is 647 g/mol. The lowest BCUT2D eigenvalue weighted by Crippen LogP contribution is -2.49. The number of nitrogens with one attached hydrogen (secondary N) is 1. The molecule has 3 fully saturated rings. The fourth-order valence-corrected chi connectivity index (χ4v) is 8.70. The minimum absolute atomic E-state index is 0.0444. The summed E-state index contributed by atoms with van der Waals surface area (Å²) >= 11 is 0. The molecule has 3 atom stereocenters. The second-order valence-corrected chi connectivity index (χ2v) is 15.2. The van der Waals surface area contributed by atoms with E-state index in [1.54, 1.807) is 24.3 Å². The molecule has 0 aliphatic carbocycles. The minimum Gasteiger partial charge on any atom is -0.444 e. The molecule has 2 amide bonds. The third-order valence-electron chi connectivity index (χ3n) is 11.0. The molecule has 8 heteroatoms. The summed E-state index contributed by atoms with van der Waals surface area (Å²) in [6.07, 6.45) is 7.43. The van der Waals surface area contributed by atoms with Gasteiger partial charge in [0.05, 0.1) is 11.0 Å². The van der Waals surface area contributed by atoms with Crippen molar-refractivity contribution in [1.29, 1.82) is 0 Å². The predicted octanol–water partition coefficient (Wildman–Crippen LogP) is 8.12. The summed E-state index contributed by atoms with van der Waals surface area (Å²) in [7, 11) is 0. The summed E-state index contributed by atoms with van der Waals surface area (Å²) in [6, 6.07) is 28.4. The van der Waals surface area contributed by atoms with Gasteiger partial charge in [0, 0.05) is 42.5 Å². The topological polar surface area (TPSA) is 79.7 Å². The number of imidazole rings is 1. The van der Waals surface area contributed by atoms with Gasteiger partial charge in [-0.1, -0.05) is 42.5 Å². The first-order valence-electron chi connectivity index (χ1n) is 17.7. The van der Waals surface area contributed by atoms with Gasteiger partial charge in [0.15, 0.2) is 0 Å². The summed E-state index contributed by atoms with van der Waals surface area (Å²) < 4.78 is 7.87. The molecule has 1 N–H and O–H groups in total. The molecule has 0 radical (unpaired) electrons. The van der Waals surface area contributed by atoms with Gasteiger partial charge in [-0.2, -0.15) is 0 Å². The summed E-state index contributed by atoms with van der Waals surface area (Å²) in [4.78, 5) is 35.5. The summed E-state index contributed by atoms with van der Waals surface area (Å²) in [5.74, 6) is 1.18. The number of amides is 2. The average Bonchev–Trinajstić information content (AvgIpc) is 3.53. The van der Waals surface area contributed by atoms with Crippen LogP contribution in [0.4, 0.5) is 10.5 Å². The minimum atomic E-state index is -0.574. The molecule has 3 saturated heterocycles. The highest BCUT2D eigenvalue weighted by atomic mass is 16.6. The first kappa shape index (κ1) is 32.4. The van der Waals surface area contributed by atoms with Crippen LogP contribution in [0.1, 0.15) is 93.5 Å². The quantitative estimate of drug-likeness (QED) is 0.219. The third-order valence-corrected chi connectivity index (χ3v) is 11.0. The van der Waals surface area contributed by atoms with E-state index in [0.29, 0.717) is 29.4 Å². The van der Waals surface area contributed by atoms with Gasteiger partial charge in [0.25, 0.3) is 5.91 Å². The van der Waals surface area contributed by atoms with Crippen molar-refractivity contribution in [3.8, 4) is 0 Å². The van der Waals surface area contributed by atoms with E-state index in [0.717, 1.165) is 50.2 Å². The SMILES string of the molecule is Cc1nc2ccccc2n1[C@H]1C[C@H]2CC[C@@H](C1)N2CCC1(c2ccccc2)CCN(C(=O)c2ccc(NC(=O)OC(C)(C)C)cc2)CC1. The zero-order valence-corrected chi connectivity index (χ0v) is 28.8. The molecule has 0 unspecified atom stereocenters. The Morgan fingerprint density at radius 3 is 2.19 bits per heavy atom. The fraction of sp³-hybridized carbons (Fsp3) is 0.475.